The molecule has 2 aromatic carbocycles. The van der Waals surface area contributed by atoms with E-state index < -0.39 is 5.60 Å². The van der Waals surface area contributed by atoms with Gasteiger partial charge in [-0.25, -0.2) is 0 Å². The number of nitrogens with zero attached hydrogens (tertiary/aromatic N) is 3. The quantitative estimate of drug-likeness (QED) is 0.378. The highest BCUT2D eigenvalue weighted by Gasteiger charge is 2.40. The fraction of sp³-hybridized carbons (Fsp3) is 0.0870. The SMILES string of the molecule is Cn1cnnc1C(O)(c1ccc2[nH]c(=O)cc(-c3cccc(Cl)c3)c2c1)c1ccc(Cl)s1. The summed E-state index contributed by atoms with van der Waals surface area (Å²) >= 11 is 13.7. The second-order valence-corrected chi connectivity index (χ2v) is 9.55. The summed E-state index contributed by atoms with van der Waals surface area (Å²) in [5.41, 5.74) is 0.883. The number of H-pyrrole nitrogens is 1. The molecule has 0 aliphatic carbocycles. The summed E-state index contributed by atoms with van der Waals surface area (Å²) in [5, 5.41) is 21.5. The molecule has 1 unspecified atom stereocenters. The number of aromatic nitrogens is 4. The Labute approximate surface area is 196 Å². The van der Waals surface area contributed by atoms with Crippen molar-refractivity contribution in [3.63, 3.8) is 0 Å². The van der Waals surface area contributed by atoms with Crippen LogP contribution in [0.5, 0.6) is 0 Å². The minimum absolute atomic E-state index is 0.228. The van der Waals surface area contributed by atoms with Gasteiger partial charge in [-0.3, -0.25) is 4.79 Å². The first-order chi connectivity index (χ1) is 15.4. The number of thiophene rings is 1. The van der Waals surface area contributed by atoms with Crippen LogP contribution in [-0.4, -0.2) is 24.9 Å². The predicted molar refractivity (Wildman–Crippen MR) is 127 cm³/mol. The van der Waals surface area contributed by atoms with Crippen molar-refractivity contribution in [2.75, 3.05) is 0 Å². The van der Waals surface area contributed by atoms with Crippen molar-refractivity contribution in [1.82, 2.24) is 19.7 Å². The van der Waals surface area contributed by atoms with Gasteiger partial charge in [0.2, 0.25) is 5.56 Å². The number of nitrogens with one attached hydrogen (secondary N) is 1. The number of halogens is 2. The van der Waals surface area contributed by atoms with Crippen molar-refractivity contribution >= 4 is 45.4 Å². The third-order valence-corrected chi connectivity index (χ3v) is 6.94. The number of aliphatic hydroxyl groups is 1. The van der Waals surface area contributed by atoms with Crippen LogP contribution in [0.25, 0.3) is 22.0 Å². The molecule has 0 amide bonds. The number of hydrogen-bond acceptors (Lipinski definition) is 5. The second-order valence-electron chi connectivity index (χ2n) is 7.40. The van der Waals surface area contributed by atoms with E-state index in [2.05, 4.69) is 15.2 Å². The van der Waals surface area contributed by atoms with E-state index in [-0.39, 0.29) is 5.56 Å². The number of fused-ring (bicyclic) bond motifs is 1. The van der Waals surface area contributed by atoms with Crippen LogP contribution in [0, 0.1) is 0 Å². The highest BCUT2D eigenvalue weighted by molar-refractivity contribution is 7.16. The Balaban J connectivity index is 1.81. The summed E-state index contributed by atoms with van der Waals surface area (Å²) in [6, 6.07) is 17.7. The lowest BCUT2D eigenvalue weighted by molar-refractivity contribution is 0.116. The summed E-state index contributed by atoms with van der Waals surface area (Å²) in [6.45, 7) is 0. The molecule has 5 rings (SSSR count). The average molecular weight is 483 g/mol. The Bertz CT molecular complexity index is 1520. The summed E-state index contributed by atoms with van der Waals surface area (Å²) in [4.78, 5) is 15.8. The standard InChI is InChI=1S/C23H16Cl2N4O2S/c1-29-12-26-28-22(29)23(31,19-7-8-20(25)32-19)14-5-6-18-17(10-14)16(11-21(30)27-18)13-3-2-4-15(24)9-13/h2-12,31H,1H3,(H,27,30). The first-order valence-corrected chi connectivity index (χ1v) is 11.2. The molecule has 0 saturated heterocycles. The third kappa shape index (κ3) is 3.43. The molecule has 0 radical (unpaired) electrons. The Morgan fingerprint density at radius 1 is 1.09 bits per heavy atom. The van der Waals surface area contributed by atoms with Crippen molar-refractivity contribution in [3.05, 3.63) is 103 Å². The highest BCUT2D eigenvalue weighted by Crippen LogP contribution is 2.41. The van der Waals surface area contributed by atoms with E-state index in [1.807, 2.05) is 18.2 Å². The molecule has 0 fully saturated rings. The average Bonchev–Trinajstić information content (AvgIpc) is 3.41. The van der Waals surface area contributed by atoms with Crippen LogP contribution in [-0.2, 0) is 12.6 Å². The Morgan fingerprint density at radius 3 is 2.62 bits per heavy atom. The fourth-order valence-corrected chi connectivity index (χ4v) is 5.22. The van der Waals surface area contributed by atoms with Gasteiger partial charge in [0, 0.05) is 29.0 Å². The number of hydrogen-bond donors (Lipinski definition) is 2. The maximum absolute atomic E-state index is 12.3. The Kier molecular flexibility index (Phi) is 5.14. The van der Waals surface area contributed by atoms with E-state index in [0.717, 1.165) is 10.9 Å². The molecule has 0 bridgehead atoms. The van der Waals surface area contributed by atoms with Gasteiger partial charge < -0.3 is 14.7 Å². The van der Waals surface area contributed by atoms with Crippen molar-refractivity contribution in [2.24, 2.45) is 7.05 Å². The van der Waals surface area contributed by atoms with Gasteiger partial charge in [-0.1, -0.05) is 41.4 Å². The maximum Gasteiger partial charge on any atom is 0.249 e. The number of benzene rings is 2. The van der Waals surface area contributed by atoms with Crippen LogP contribution in [0.4, 0.5) is 0 Å². The molecule has 1 atom stereocenters. The molecule has 5 aromatic rings. The van der Waals surface area contributed by atoms with Crippen LogP contribution < -0.4 is 5.56 Å². The molecule has 2 N–H and O–H groups in total. The van der Waals surface area contributed by atoms with Gasteiger partial charge >= 0.3 is 0 Å². The molecule has 3 aromatic heterocycles. The molecule has 32 heavy (non-hydrogen) atoms. The molecule has 0 saturated carbocycles. The second kappa shape index (κ2) is 7.86. The first-order valence-electron chi connectivity index (χ1n) is 9.62. The summed E-state index contributed by atoms with van der Waals surface area (Å²) in [5.74, 6) is 0.351. The topological polar surface area (TPSA) is 83.8 Å². The normalized spacial score (nSPS) is 13.4. The summed E-state index contributed by atoms with van der Waals surface area (Å²) in [7, 11) is 1.77. The zero-order valence-electron chi connectivity index (χ0n) is 16.7. The van der Waals surface area contributed by atoms with Crippen LogP contribution in [0.2, 0.25) is 9.36 Å². The molecule has 9 heteroatoms. The molecular formula is C23H16Cl2N4O2S. The smallest absolute Gasteiger partial charge is 0.249 e. The molecule has 0 aliphatic heterocycles. The van der Waals surface area contributed by atoms with Gasteiger partial charge in [-0.05, 0) is 53.1 Å². The molecule has 0 spiro atoms. The summed E-state index contributed by atoms with van der Waals surface area (Å²) < 4.78 is 2.22. The van der Waals surface area contributed by atoms with E-state index in [4.69, 9.17) is 23.2 Å². The van der Waals surface area contributed by atoms with Crippen LogP contribution in [0.1, 0.15) is 16.3 Å². The number of aryl methyl sites for hydroxylation is 1. The number of rotatable bonds is 4. The van der Waals surface area contributed by atoms with Gasteiger partial charge in [0.1, 0.15) is 6.33 Å². The zero-order chi connectivity index (χ0) is 22.5. The van der Waals surface area contributed by atoms with E-state index in [1.165, 1.54) is 23.7 Å². The van der Waals surface area contributed by atoms with Gasteiger partial charge in [0.15, 0.2) is 11.4 Å². The van der Waals surface area contributed by atoms with E-state index in [1.54, 1.807) is 48.0 Å². The zero-order valence-corrected chi connectivity index (χ0v) is 19.0. The van der Waals surface area contributed by atoms with Crippen molar-refractivity contribution in [1.29, 1.82) is 0 Å². The lowest BCUT2D eigenvalue weighted by Gasteiger charge is -2.27. The van der Waals surface area contributed by atoms with Crippen LogP contribution in [0.3, 0.4) is 0 Å². The molecule has 160 valence electrons. The minimum atomic E-state index is -1.60. The monoisotopic (exact) mass is 482 g/mol. The van der Waals surface area contributed by atoms with E-state index >= 15 is 0 Å². The number of pyridine rings is 1. The molecule has 6 nitrogen and oxygen atoms in total. The molecular weight excluding hydrogens is 467 g/mol. The van der Waals surface area contributed by atoms with Gasteiger partial charge in [-0.15, -0.1) is 21.5 Å². The van der Waals surface area contributed by atoms with Crippen molar-refractivity contribution in [2.45, 2.75) is 5.60 Å². The summed E-state index contributed by atoms with van der Waals surface area (Å²) in [6.07, 6.45) is 1.53. The minimum Gasteiger partial charge on any atom is -0.372 e. The van der Waals surface area contributed by atoms with Gasteiger partial charge in [0.25, 0.3) is 0 Å². The lowest BCUT2D eigenvalue weighted by Crippen LogP contribution is -2.31. The number of aromatic amines is 1. The molecule has 3 heterocycles. The molecule has 0 aliphatic rings. The largest absolute Gasteiger partial charge is 0.372 e. The van der Waals surface area contributed by atoms with E-state index in [0.29, 0.717) is 36.7 Å². The predicted octanol–water partition coefficient (Wildman–Crippen LogP) is 4.98. The Morgan fingerprint density at radius 2 is 1.94 bits per heavy atom. The highest BCUT2D eigenvalue weighted by atomic mass is 35.5. The van der Waals surface area contributed by atoms with E-state index in [9.17, 15) is 9.90 Å². The maximum atomic E-state index is 12.3. The van der Waals surface area contributed by atoms with Gasteiger partial charge in [0.05, 0.1) is 9.21 Å². The van der Waals surface area contributed by atoms with Crippen LogP contribution in [0.15, 0.2) is 71.8 Å². The third-order valence-electron chi connectivity index (χ3n) is 5.36. The Hall–Kier alpha value is -2.97. The van der Waals surface area contributed by atoms with Crippen molar-refractivity contribution in [3.8, 4) is 11.1 Å². The first kappa shape index (κ1) is 20.9. The van der Waals surface area contributed by atoms with Crippen molar-refractivity contribution < 1.29 is 5.11 Å². The lowest BCUT2D eigenvalue weighted by atomic mass is 9.88. The van der Waals surface area contributed by atoms with Gasteiger partial charge in [-0.2, -0.15) is 0 Å². The fourth-order valence-electron chi connectivity index (χ4n) is 3.87. The van der Waals surface area contributed by atoms with Crippen LogP contribution >= 0.6 is 34.5 Å².